The van der Waals surface area contributed by atoms with E-state index in [0.717, 1.165) is 11.4 Å². The van der Waals surface area contributed by atoms with Crippen LogP contribution in [0.2, 0.25) is 0 Å². The van der Waals surface area contributed by atoms with Gasteiger partial charge in [0.15, 0.2) is 0 Å². The van der Waals surface area contributed by atoms with Gasteiger partial charge in [-0.25, -0.2) is 8.42 Å². The van der Waals surface area contributed by atoms with Gasteiger partial charge in [-0.3, -0.25) is 0 Å². The number of para-hydroxylation sites is 2. The van der Waals surface area contributed by atoms with Gasteiger partial charge in [0, 0.05) is 26.4 Å². The number of anilines is 2. The standard InChI is InChI=1S/C12H20N2O2S/c1-10(9-17(4,15)16)13-11-7-5-6-8-12(11)14(2)3/h5-8,10,13H,9H2,1-4H3. The van der Waals surface area contributed by atoms with Crippen LogP contribution in [-0.2, 0) is 9.84 Å². The quantitative estimate of drug-likeness (QED) is 0.869. The van der Waals surface area contributed by atoms with Gasteiger partial charge in [0.2, 0.25) is 0 Å². The van der Waals surface area contributed by atoms with E-state index in [0.29, 0.717) is 0 Å². The molecule has 0 bridgehead atoms. The largest absolute Gasteiger partial charge is 0.380 e. The van der Waals surface area contributed by atoms with Gasteiger partial charge in [-0.2, -0.15) is 0 Å². The molecule has 1 aromatic rings. The Kier molecular flexibility index (Phi) is 4.40. The molecule has 4 nitrogen and oxygen atoms in total. The first kappa shape index (κ1) is 13.8. The molecule has 0 aliphatic carbocycles. The normalized spacial score (nSPS) is 13.2. The maximum absolute atomic E-state index is 11.2. The SMILES string of the molecule is CC(CS(C)(=O)=O)Nc1ccccc1N(C)C. The fourth-order valence-electron chi connectivity index (χ4n) is 1.75. The Morgan fingerprint density at radius 3 is 2.41 bits per heavy atom. The molecule has 1 unspecified atom stereocenters. The molecule has 0 amide bonds. The summed E-state index contributed by atoms with van der Waals surface area (Å²) in [5, 5.41) is 3.23. The summed E-state index contributed by atoms with van der Waals surface area (Å²) in [5.41, 5.74) is 2.00. The molecule has 5 heteroatoms. The van der Waals surface area contributed by atoms with Crippen LogP contribution in [0.5, 0.6) is 0 Å². The molecule has 0 fully saturated rings. The second-order valence-corrected chi connectivity index (χ2v) is 6.73. The zero-order valence-electron chi connectivity index (χ0n) is 10.8. The Hall–Kier alpha value is -1.23. The van der Waals surface area contributed by atoms with E-state index < -0.39 is 9.84 Å². The van der Waals surface area contributed by atoms with E-state index in [1.54, 1.807) is 0 Å². The fourth-order valence-corrected chi connectivity index (χ4v) is 2.74. The minimum atomic E-state index is -2.95. The topological polar surface area (TPSA) is 49.4 Å². The first-order valence-electron chi connectivity index (χ1n) is 5.50. The van der Waals surface area contributed by atoms with Crippen molar-refractivity contribution in [1.82, 2.24) is 0 Å². The molecule has 0 spiro atoms. The van der Waals surface area contributed by atoms with Crippen molar-refractivity contribution < 1.29 is 8.42 Å². The average Bonchev–Trinajstić information content (AvgIpc) is 2.14. The minimum absolute atomic E-state index is 0.105. The van der Waals surface area contributed by atoms with Crippen LogP contribution in [0.25, 0.3) is 0 Å². The van der Waals surface area contributed by atoms with E-state index in [1.165, 1.54) is 6.26 Å². The Balaban J connectivity index is 2.81. The lowest BCUT2D eigenvalue weighted by molar-refractivity contribution is 0.598. The molecular formula is C12H20N2O2S. The molecule has 96 valence electrons. The lowest BCUT2D eigenvalue weighted by Crippen LogP contribution is -2.26. The molecule has 1 aromatic carbocycles. The smallest absolute Gasteiger partial charge is 0.149 e. The molecule has 1 N–H and O–H groups in total. The molecule has 0 aliphatic rings. The van der Waals surface area contributed by atoms with Crippen molar-refractivity contribution >= 4 is 21.2 Å². The van der Waals surface area contributed by atoms with Crippen molar-refractivity contribution in [3.05, 3.63) is 24.3 Å². The van der Waals surface area contributed by atoms with Gasteiger partial charge in [0.1, 0.15) is 9.84 Å². The maximum atomic E-state index is 11.2. The van der Waals surface area contributed by atoms with Gasteiger partial charge in [0.25, 0.3) is 0 Å². The lowest BCUT2D eigenvalue weighted by Gasteiger charge is -2.21. The Labute approximate surface area is 104 Å². The van der Waals surface area contributed by atoms with Gasteiger partial charge < -0.3 is 10.2 Å². The summed E-state index contributed by atoms with van der Waals surface area (Å²) in [6.07, 6.45) is 1.25. The molecular weight excluding hydrogens is 236 g/mol. The van der Waals surface area contributed by atoms with Crippen molar-refractivity contribution in [3.63, 3.8) is 0 Å². The summed E-state index contributed by atoms with van der Waals surface area (Å²) in [5.74, 6) is 0.134. The number of hydrogen-bond donors (Lipinski definition) is 1. The maximum Gasteiger partial charge on any atom is 0.149 e. The highest BCUT2D eigenvalue weighted by Gasteiger charge is 2.12. The predicted molar refractivity (Wildman–Crippen MR) is 73.6 cm³/mol. The average molecular weight is 256 g/mol. The molecule has 1 atom stereocenters. The van der Waals surface area contributed by atoms with E-state index in [1.807, 2.05) is 50.2 Å². The molecule has 0 aliphatic heterocycles. The van der Waals surface area contributed by atoms with Crippen LogP contribution in [-0.4, -0.2) is 40.6 Å². The Morgan fingerprint density at radius 2 is 1.88 bits per heavy atom. The van der Waals surface area contributed by atoms with Crippen LogP contribution in [0.4, 0.5) is 11.4 Å². The van der Waals surface area contributed by atoms with E-state index in [2.05, 4.69) is 5.32 Å². The Morgan fingerprint density at radius 1 is 1.29 bits per heavy atom. The molecule has 0 aromatic heterocycles. The van der Waals surface area contributed by atoms with Crippen molar-refractivity contribution in [3.8, 4) is 0 Å². The third-order valence-electron chi connectivity index (χ3n) is 2.34. The number of nitrogens with one attached hydrogen (secondary N) is 1. The number of nitrogens with zero attached hydrogens (tertiary/aromatic N) is 1. The predicted octanol–water partition coefficient (Wildman–Crippen LogP) is 1.60. The molecule has 0 heterocycles. The fraction of sp³-hybridized carbons (Fsp3) is 0.500. The zero-order valence-corrected chi connectivity index (χ0v) is 11.6. The lowest BCUT2D eigenvalue weighted by atomic mass is 10.2. The van der Waals surface area contributed by atoms with Crippen LogP contribution in [0.3, 0.4) is 0 Å². The van der Waals surface area contributed by atoms with Crippen LogP contribution in [0.1, 0.15) is 6.92 Å². The van der Waals surface area contributed by atoms with Crippen LogP contribution in [0, 0.1) is 0 Å². The van der Waals surface area contributed by atoms with Gasteiger partial charge in [0.05, 0.1) is 17.1 Å². The third-order valence-corrected chi connectivity index (χ3v) is 3.45. The van der Waals surface area contributed by atoms with E-state index >= 15 is 0 Å². The summed E-state index contributed by atoms with van der Waals surface area (Å²) in [7, 11) is 0.967. The monoisotopic (exact) mass is 256 g/mol. The molecule has 0 saturated heterocycles. The summed E-state index contributed by atoms with van der Waals surface area (Å²) < 4.78 is 22.4. The number of sulfone groups is 1. The van der Waals surface area contributed by atoms with Crippen molar-refractivity contribution in [1.29, 1.82) is 0 Å². The molecule has 0 radical (unpaired) electrons. The first-order chi connectivity index (χ1) is 7.79. The van der Waals surface area contributed by atoms with E-state index in [4.69, 9.17) is 0 Å². The highest BCUT2D eigenvalue weighted by Crippen LogP contribution is 2.24. The molecule has 17 heavy (non-hydrogen) atoms. The number of hydrogen-bond acceptors (Lipinski definition) is 4. The zero-order chi connectivity index (χ0) is 13.1. The summed E-state index contributed by atoms with van der Waals surface area (Å²) in [6, 6.07) is 7.74. The van der Waals surface area contributed by atoms with Crippen molar-refractivity contribution in [2.75, 3.05) is 36.3 Å². The van der Waals surface area contributed by atoms with Crippen LogP contribution in [0.15, 0.2) is 24.3 Å². The van der Waals surface area contributed by atoms with Crippen molar-refractivity contribution in [2.24, 2.45) is 0 Å². The van der Waals surface area contributed by atoms with Gasteiger partial charge in [-0.1, -0.05) is 12.1 Å². The molecule has 0 saturated carbocycles. The van der Waals surface area contributed by atoms with E-state index in [-0.39, 0.29) is 11.8 Å². The highest BCUT2D eigenvalue weighted by atomic mass is 32.2. The number of benzene rings is 1. The summed E-state index contributed by atoms with van der Waals surface area (Å²) in [4.78, 5) is 2.00. The molecule has 1 rings (SSSR count). The first-order valence-corrected chi connectivity index (χ1v) is 7.56. The highest BCUT2D eigenvalue weighted by molar-refractivity contribution is 7.90. The van der Waals surface area contributed by atoms with Crippen molar-refractivity contribution in [2.45, 2.75) is 13.0 Å². The summed E-state index contributed by atoms with van der Waals surface area (Å²) in [6.45, 7) is 1.87. The summed E-state index contributed by atoms with van der Waals surface area (Å²) >= 11 is 0. The number of rotatable bonds is 5. The van der Waals surface area contributed by atoms with E-state index in [9.17, 15) is 8.42 Å². The Bertz CT molecular complexity index is 469. The van der Waals surface area contributed by atoms with Gasteiger partial charge in [-0.15, -0.1) is 0 Å². The van der Waals surface area contributed by atoms with Gasteiger partial charge in [-0.05, 0) is 19.1 Å². The van der Waals surface area contributed by atoms with Gasteiger partial charge >= 0.3 is 0 Å². The van der Waals surface area contributed by atoms with Crippen LogP contribution >= 0.6 is 0 Å². The second kappa shape index (κ2) is 5.40. The third kappa shape index (κ3) is 4.65. The van der Waals surface area contributed by atoms with Crippen LogP contribution < -0.4 is 10.2 Å². The second-order valence-electron chi connectivity index (χ2n) is 4.55. The minimum Gasteiger partial charge on any atom is -0.380 e.